The van der Waals surface area contributed by atoms with E-state index in [1.54, 1.807) is 25.5 Å². The Hall–Kier alpha value is -2.23. The molecule has 0 aliphatic rings. The van der Waals surface area contributed by atoms with Gasteiger partial charge in [-0.3, -0.25) is 5.43 Å². The summed E-state index contributed by atoms with van der Waals surface area (Å²) < 4.78 is 5.28. The van der Waals surface area contributed by atoms with Crippen molar-refractivity contribution >= 4 is 45.9 Å². The predicted octanol–water partition coefficient (Wildman–Crippen LogP) is 5.60. The third-order valence-electron chi connectivity index (χ3n) is 3.39. The summed E-state index contributed by atoms with van der Waals surface area (Å²) in [4.78, 5) is 0. The van der Waals surface area contributed by atoms with Gasteiger partial charge in [0.05, 0.1) is 24.0 Å². The minimum Gasteiger partial charge on any atom is -0.495 e. The lowest BCUT2D eigenvalue weighted by molar-refractivity contribution is 0.414. The molecule has 0 fully saturated rings. The van der Waals surface area contributed by atoms with Crippen LogP contribution in [-0.2, 0) is 0 Å². The number of halogens is 2. The quantitative estimate of drug-likeness (QED) is 0.493. The first kappa shape index (κ1) is 15.7. The first-order valence-electron chi connectivity index (χ1n) is 6.98. The summed E-state index contributed by atoms with van der Waals surface area (Å²) in [6.45, 7) is 0. The molecule has 0 unspecified atom stereocenters. The molecule has 0 aliphatic carbocycles. The van der Waals surface area contributed by atoms with Crippen molar-refractivity contribution in [2.45, 2.75) is 0 Å². The lowest BCUT2D eigenvalue weighted by atomic mass is 10.1. The van der Waals surface area contributed by atoms with Gasteiger partial charge in [0.15, 0.2) is 0 Å². The standard InChI is InChI=1S/C18H14Cl2N2O/c1-23-18-14(8-15(19)10-17(18)20)11-21-22-16-7-6-12-4-2-3-5-13(12)9-16/h2-11,22H,1H3/b21-11+. The molecular weight excluding hydrogens is 331 g/mol. The van der Waals surface area contributed by atoms with Crippen molar-refractivity contribution in [2.75, 3.05) is 12.5 Å². The van der Waals surface area contributed by atoms with Crippen molar-refractivity contribution < 1.29 is 4.74 Å². The Labute approximate surface area is 144 Å². The number of fused-ring (bicyclic) bond motifs is 1. The highest BCUT2D eigenvalue weighted by Gasteiger charge is 2.07. The van der Waals surface area contributed by atoms with Gasteiger partial charge in [-0.1, -0.05) is 53.5 Å². The van der Waals surface area contributed by atoms with Gasteiger partial charge >= 0.3 is 0 Å². The molecule has 23 heavy (non-hydrogen) atoms. The minimum absolute atomic E-state index is 0.451. The van der Waals surface area contributed by atoms with Gasteiger partial charge in [0.2, 0.25) is 0 Å². The Kier molecular flexibility index (Phi) is 4.70. The van der Waals surface area contributed by atoms with E-state index in [-0.39, 0.29) is 0 Å². The average Bonchev–Trinajstić information content (AvgIpc) is 2.54. The van der Waals surface area contributed by atoms with E-state index in [9.17, 15) is 0 Å². The summed E-state index contributed by atoms with van der Waals surface area (Å²) in [7, 11) is 1.56. The Morgan fingerprint density at radius 2 is 1.78 bits per heavy atom. The van der Waals surface area contributed by atoms with Gasteiger partial charge in [-0.2, -0.15) is 5.10 Å². The number of hydrogen-bond acceptors (Lipinski definition) is 3. The van der Waals surface area contributed by atoms with Gasteiger partial charge in [0, 0.05) is 10.6 Å². The number of nitrogens with zero attached hydrogens (tertiary/aromatic N) is 1. The van der Waals surface area contributed by atoms with Crippen LogP contribution in [0.2, 0.25) is 10.0 Å². The summed E-state index contributed by atoms with van der Waals surface area (Å²) in [5.74, 6) is 0.542. The predicted molar refractivity (Wildman–Crippen MR) is 98.2 cm³/mol. The highest BCUT2D eigenvalue weighted by molar-refractivity contribution is 6.36. The van der Waals surface area contributed by atoms with Crippen LogP contribution >= 0.6 is 23.2 Å². The van der Waals surface area contributed by atoms with E-state index >= 15 is 0 Å². The van der Waals surface area contributed by atoms with Crippen molar-refractivity contribution in [3.05, 3.63) is 70.2 Å². The third kappa shape index (κ3) is 3.58. The molecule has 0 spiro atoms. The van der Waals surface area contributed by atoms with Crippen LogP contribution in [0.1, 0.15) is 5.56 Å². The second-order valence-corrected chi connectivity index (χ2v) is 5.79. The van der Waals surface area contributed by atoms with Gasteiger partial charge < -0.3 is 4.74 Å². The molecule has 0 bridgehead atoms. The Morgan fingerprint density at radius 1 is 1.00 bits per heavy atom. The van der Waals surface area contributed by atoms with Crippen LogP contribution in [-0.4, -0.2) is 13.3 Å². The van der Waals surface area contributed by atoms with Gasteiger partial charge in [-0.15, -0.1) is 0 Å². The molecule has 116 valence electrons. The van der Waals surface area contributed by atoms with Crippen LogP contribution < -0.4 is 10.2 Å². The summed E-state index contributed by atoms with van der Waals surface area (Å²) in [5, 5.41) is 7.55. The van der Waals surface area contributed by atoms with Crippen LogP contribution in [0.3, 0.4) is 0 Å². The Morgan fingerprint density at radius 3 is 2.57 bits per heavy atom. The van der Waals surface area contributed by atoms with Crippen LogP contribution in [0, 0.1) is 0 Å². The maximum Gasteiger partial charge on any atom is 0.146 e. The fourth-order valence-electron chi connectivity index (χ4n) is 2.33. The van der Waals surface area contributed by atoms with E-state index in [0.717, 1.165) is 11.1 Å². The molecule has 0 saturated heterocycles. The zero-order valence-electron chi connectivity index (χ0n) is 12.4. The van der Waals surface area contributed by atoms with Crippen molar-refractivity contribution in [2.24, 2.45) is 5.10 Å². The van der Waals surface area contributed by atoms with E-state index in [1.807, 2.05) is 30.3 Å². The molecule has 0 atom stereocenters. The number of ether oxygens (including phenoxy) is 1. The smallest absolute Gasteiger partial charge is 0.146 e. The second-order valence-electron chi connectivity index (χ2n) is 4.94. The molecule has 0 amide bonds. The SMILES string of the molecule is COc1c(Cl)cc(Cl)cc1/C=N/Nc1ccc2ccccc2c1. The number of hydrogen-bond donors (Lipinski definition) is 1. The van der Waals surface area contributed by atoms with Crippen LogP contribution in [0.15, 0.2) is 59.7 Å². The molecule has 0 aromatic heterocycles. The summed E-state index contributed by atoms with van der Waals surface area (Å²) >= 11 is 12.1. The molecule has 0 radical (unpaired) electrons. The fraction of sp³-hybridized carbons (Fsp3) is 0.0556. The molecule has 3 nitrogen and oxygen atoms in total. The Balaban J connectivity index is 1.83. The molecule has 3 aromatic rings. The van der Waals surface area contributed by atoms with Gasteiger partial charge in [0.1, 0.15) is 5.75 Å². The number of methoxy groups -OCH3 is 1. The fourth-order valence-corrected chi connectivity index (χ4v) is 2.91. The van der Waals surface area contributed by atoms with Gasteiger partial charge in [-0.25, -0.2) is 0 Å². The monoisotopic (exact) mass is 344 g/mol. The first-order chi connectivity index (χ1) is 11.2. The molecule has 0 saturated carbocycles. The second kappa shape index (κ2) is 6.90. The molecule has 0 aliphatic heterocycles. The van der Waals surface area contributed by atoms with Crippen molar-refractivity contribution in [1.29, 1.82) is 0 Å². The lowest BCUT2D eigenvalue weighted by Crippen LogP contribution is -1.95. The van der Waals surface area contributed by atoms with Crippen LogP contribution in [0.4, 0.5) is 5.69 Å². The maximum atomic E-state index is 6.10. The number of nitrogens with one attached hydrogen (secondary N) is 1. The largest absolute Gasteiger partial charge is 0.495 e. The summed E-state index contributed by atoms with van der Waals surface area (Å²) in [5.41, 5.74) is 4.61. The summed E-state index contributed by atoms with van der Waals surface area (Å²) in [6, 6.07) is 17.6. The van der Waals surface area contributed by atoms with Crippen molar-refractivity contribution in [3.8, 4) is 5.75 Å². The molecular formula is C18H14Cl2N2O. The number of benzene rings is 3. The van der Waals surface area contributed by atoms with Gasteiger partial charge in [-0.05, 0) is 35.0 Å². The van der Waals surface area contributed by atoms with E-state index in [0.29, 0.717) is 21.4 Å². The van der Waals surface area contributed by atoms with Gasteiger partial charge in [0.25, 0.3) is 0 Å². The molecule has 5 heteroatoms. The highest BCUT2D eigenvalue weighted by Crippen LogP contribution is 2.31. The van der Waals surface area contributed by atoms with E-state index in [1.165, 1.54) is 5.39 Å². The van der Waals surface area contributed by atoms with Crippen molar-refractivity contribution in [1.82, 2.24) is 0 Å². The van der Waals surface area contributed by atoms with E-state index in [4.69, 9.17) is 27.9 Å². The minimum atomic E-state index is 0.451. The number of anilines is 1. The summed E-state index contributed by atoms with van der Waals surface area (Å²) in [6.07, 6.45) is 1.63. The maximum absolute atomic E-state index is 6.10. The van der Waals surface area contributed by atoms with E-state index < -0.39 is 0 Å². The van der Waals surface area contributed by atoms with Crippen molar-refractivity contribution in [3.63, 3.8) is 0 Å². The number of rotatable bonds is 4. The zero-order chi connectivity index (χ0) is 16.2. The first-order valence-corrected chi connectivity index (χ1v) is 7.74. The third-order valence-corrected chi connectivity index (χ3v) is 3.89. The molecule has 1 N–H and O–H groups in total. The highest BCUT2D eigenvalue weighted by atomic mass is 35.5. The van der Waals surface area contributed by atoms with Crippen LogP contribution in [0.5, 0.6) is 5.75 Å². The van der Waals surface area contributed by atoms with E-state index in [2.05, 4.69) is 22.7 Å². The molecule has 3 aromatic carbocycles. The topological polar surface area (TPSA) is 33.6 Å². The molecule has 3 rings (SSSR count). The normalized spacial score (nSPS) is 11.1. The zero-order valence-corrected chi connectivity index (χ0v) is 13.9. The lowest BCUT2D eigenvalue weighted by Gasteiger charge is -2.07. The average molecular weight is 345 g/mol. The van der Waals surface area contributed by atoms with Crippen LogP contribution in [0.25, 0.3) is 10.8 Å². The number of hydrazone groups is 1. The Bertz CT molecular complexity index is 878. The molecule has 0 heterocycles.